The molecule has 0 aliphatic carbocycles. The Morgan fingerprint density at radius 3 is 2.65 bits per heavy atom. The number of aromatic amines is 1. The molecular weight excluding hydrogens is 418 g/mol. The Hall–Kier alpha value is -3.66. The molecule has 9 nitrogen and oxygen atoms in total. The van der Waals surface area contributed by atoms with Crippen molar-refractivity contribution in [3.63, 3.8) is 0 Å². The average molecular weight is 437 g/mol. The number of rotatable bonds is 7. The fourth-order valence-corrected chi connectivity index (χ4v) is 3.92. The van der Waals surface area contributed by atoms with Gasteiger partial charge >= 0.3 is 5.97 Å². The molecule has 0 spiro atoms. The van der Waals surface area contributed by atoms with Crippen molar-refractivity contribution in [1.82, 2.24) is 20.5 Å². The number of carbonyl (C=O) groups excluding carboxylic acids is 3. The first-order chi connectivity index (χ1) is 15.1. The number of nitrogens with zero attached hydrogens (tertiary/aromatic N) is 2. The van der Waals surface area contributed by atoms with Crippen LogP contribution in [0.4, 0.5) is 5.69 Å². The Labute approximate surface area is 182 Å². The molecule has 4 rings (SSSR count). The quantitative estimate of drug-likeness (QED) is 0.382. The van der Waals surface area contributed by atoms with Gasteiger partial charge in [-0.1, -0.05) is 54.2 Å². The summed E-state index contributed by atoms with van der Waals surface area (Å²) in [6, 6.07) is 14.9. The highest BCUT2D eigenvalue weighted by Crippen LogP contribution is 2.26. The number of benzene rings is 2. The summed E-state index contributed by atoms with van der Waals surface area (Å²) in [5, 5.41) is 12.4. The molecule has 158 valence electrons. The van der Waals surface area contributed by atoms with Gasteiger partial charge in [0.25, 0.3) is 5.91 Å². The Morgan fingerprint density at radius 1 is 1.10 bits per heavy atom. The van der Waals surface area contributed by atoms with Crippen LogP contribution in [0.2, 0.25) is 0 Å². The Morgan fingerprint density at radius 2 is 1.87 bits per heavy atom. The van der Waals surface area contributed by atoms with Crippen molar-refractivity contribution in [3.05, 3.63) is 72.1 Å². The number of fused-ring (bicyclic) bond motifs is 1. The number of hydrogen-bond donors (Lipinski definition) is 3. The number of esters is 1. The van der Waals surface area contributed by atoms with E-state index in [4.69, 9.17) is 4.74 Å². The van der Waals surface area contributed by atoms with Gasteiger partial charge in [-0.05, 0) is 17.7 Å². The van der Waals surface area contributed by atoms with Crippen LogP contribution >= 0.6 is 11.8 Å². The van der Waals surface area contributed by atoms with E-state index < -0.39 is 29.9 Å². The average Bonchev–Trinajstić information content (AvgIpc) is 3.27. The Kier molecular flexibility index (Phi) is 6.27. The van der Waals surface area contributed by atoms with Gasteiger partial charge in [-0.3, -0.25) is 19.5 Å². The van der Waals surface area contributed by atoms with E-state index in [1.165, 1.54) is 18.1 Å². The smallest absolute Gasteiger partial charge is 0.309 e. The fourth-order valence-electron chi connectivity index (χ4n) is 3.11. The predicted octanol–water partition coefficient (Wildman–Crippen LogP) is 2.32. The normalized spacial score (nSPS) is 16.5. The van der Waals surface area contributed by atoms with Crippen LogP contribution < -0.4 is 10.6 Å². The van der Waals surface area contributed by atoms with Crippen molar-refractivity contribution < 1.29 is 19.1 Å². The van der Waals surface area contributed by atoms with Crippen LogP contribution in [0.3, 0.4) is 0 Å². The number of carbonyl (C=O) groups is 3. The molecule has 2 aromatic carbocycles. The van der Waals surface area contributed by atoms with Gasteiger partial charge in [0.1, 0.15) is 18.5 Å². The van der Waals surface area contributed by atoms with Gasteiger partial charge in [-0.2, -0.15) is 5.10 Å². The summed E-state index contributed by atoms with van der Waals surface area (Å²) in [6.45, 7) is 0. The highest BCUT2D eigenvalue weighted by molar-refractivity contribution is 7.99. The molecule has 10 heteroatoms. The van der Waals surface area contributed by atoms with Crippen LogP contribution in [-0.2, 0) is 14.3 Å². The summed E-state index contributed by atoms with van der Waals surface area (Å²) < 4.78 is 5.69. The summed E-state index contributed by atoms with van der Waals surface area (Å²) in [5.41, 5.74) is 1.56. The van der Waals surface area contributed by atoms with Crippen molar-refractivity contribution in [1.29, 1.82) is 0 Å². The lowest BCUT2D eigenvalue weighted by Crippen LogP contribution is -2.43. The lowest BCUT2D eigenvalue weighted by Gasteiger charge is -2.20. The number of thioether (sulfide) groups is 1. The summed E-state index contributed by atoms with van der Waals surface area (Å²) >= 11 is 1.36. The highest BCUT2D eigenvalue weighted by Gasteiger charge is 2.31. The van der Waals surface area contributed by atoms with Crippen molar-refractivity contribution in [3.8, 4) is 0 Å². The highest BCUT2D eigenvalue weighted by atomic mass is 32.2. The van der Waals surface area contributed by atoms with E-state index in [9.17, 15) is 14.4 Å². The fraction of sp³-hybridized carbons (Fsp3) is 0.190. The minimum atomic E-state index is -1.04. The molecule has 1 aliphatic rings. The predicted molar refractivity (Wildman–Crippen MR) is 113 cm³/mol. The second-order valence-corrected chi connectivity index (χ2v) is 7.76. The third-order valence-electron chi connectivity index (χ3n) is 4.63. The third kappa shape index (κ3) is 5.10. The minimum Gasteiger partial charge on any atom is -0.457 e. The van der Waals surface area contributed by atoms with Crippen molar-refractivity contribution in [2.75, 3.05) is 11.1 Å². The molecule has 1 unspecified atom stereocenters. The maximum Gasteiger partial charge on any atom is 0.309 e. The molecular formula is C21H19N5O4S. The number of hydrogen-bond acceptors (Lipinski definition) is 7. The molecule has 0 saturated carbocycles. The number of anilines is 1. The van der Waals surface area contributed by atoms with E-state index in [1.807, 2.05) is 30.3 Å². The van der Waals surface area contributed by atoms with Gasteiger partial charge in [-0.25, -0.2) is 4.98 Å². The van der Waals surface area contributed by atoms with Gasteiger partial charge < -0.3 is 15.4 Å². The lowest BCUT2D eigenvalue weighted by molar-refractivity contribution is -0.149. The van der Waals surface area contributed by atoms with Crippen LogP contribution in [0.1, 0.15) is 28.4 Å². The van der Waals surface area contributed by atoms with Crippen LogP contribution in [0.25, 0.3) is 0 Å². The number of ether oxygens (including phenoxy) is 1. The molecule has 0 saturated heterocycles. The number of nitrogens with one attached hydrogen (secondary N) is 3. The number of amides is 2. The number of para-hydroxylation sites is 1. The maximum absolute atomic E-state index is 12.7. The molecule has 3 N–H and O–H groups in total. The molecule has 2 atom stereocenters. The zero-order valence-electron chi connectivity index (χ0n) is 16.3. The first kappa shape index (κ1) is 20.6. The maximum atomic E-state index is 12.7. The van der Waals surface area contributed by atoms with E-state index in [0.29, 0.717) is 22.2 Å². The largest absolute Gasteiger partial charge is 0.457 e. The van der Waals surface area contributed by atoms with E-state index in [1.54, 1.807) is 24.3 Å². The zero-order valence-corrected chi connectivity index (χ0v) is 17.1. The lowest BCUT2D eigenvalue weighted by atomic mass is 10.1. The molecule has 31 heavy (non-hydrogen) atoms. The molecule has 0 bridgehead atoms. The van der Waals surface area contributed by atoms with Crippen molar-refractivity contribution in [2.24, 2.45) is 0 Å². The van der Waals surface area contributed by atoms with Crippen LogP contribution in [0.5, 0.6) is 0 Å². The molecule has 1 aromatic heterocycles. The van der Waals surface area contributed by atoms with Crippen LogP contribution in [-0.4, -0.2) is 44.8 Å². The van der Waals surface area contributed by atoms with Crippen molar-refractivity contribution >= 4 is 35.2 Å². The Bertz CT molecular complexity index is 1070. The summed E-state index contributed by atoms with van der Waals surface area (Å²) in [7, 11) is 0. The van der Waals surface area contributed by atoms with E-state index in [-0.39, 0.29) is 6.42 Å². The van der Waals surface area contributed by atoms with Crippen molar-refractivity contribution in [2.45, 2.75) is 23.7 Å². The van der Waals surface area contributed by atoms with Gasteiger partial charge in [0.2, 0.25) is 5.91 Å². The molecule has 1 aliphatic heterocycles. The molecule has 2 amide bonds. The third-order valence-corrected chi connectivity index (χ3v) is 5.57. The second kappa shape index (κ2) is 9.43. The molecule has 0 radical (unpaired) electrons. The first-order valence-corrected chi connectivity index (χ1v) is 10.5. The van der Waals surface area contributed by atoms with E-state index >= 15 is 0 Å². The van der Waals surface area contributed by atoms with Gasteiger partial charge in [0.15, 0.2) is 5.16 Å². The molecule has 2 heterocycles. The van der Waals surface area contributed by atoms with Crippen LogP contribution in [0.15, 0.2) is 66.1 Å². The standard InChI is InChI=1S/C21H19N5O4S/c27-18(10-16-20(29)24-15-9-5-4-8-14(15)19(28)25-16)30-17(13-6-2-1-3-7-13)11-31-21-22-12-23-26-21/h1-9,12,16-17H,10-11H2,(H,24,29)(H,25,28)(H,22,23,26)/t16-,17?/m0/s1. The summed E-state index contributed by atoms with van der Waals surface area (Å²) in [4.78, 5) is 41.7. The summed E-state index contributed by atoms with van der Waals surface area (Å²) in [5.74, 6) is -1.09. The topological polar surface area (TPSA) is 126 Å². The SMILES string of the molecule is O=C(C[C@@H]1NC(=O)c2ccccc2NC1=O)OC(CSc1ncn[nH]1)c1ccccc1. The van der Waals surface area contributed by atoms with Gasteiger partial charge in [0.05, 0.1) is 17.7 Å². The number of H-pyrrole nitrogens is 1. The zero-order chi connectivity index (χ0) is 21.6. The molecule has 3 aromatic rings. The Balaban J connectivity index is 1.43. The van der Waals surface area contributed by atoms with Gasteiger partial charge in [-0.15, -0.1) is 0 Å². The van der Waals surface area contributed by atoms with E-state index in [2.05, 4.69) is 25.8 Å². The summed E-state index contributed by atoms with van der Waals surface area (Å²) in [6.07, 6.45) is 0.546. The van der Waals surface area contributed by atoms with Crippen LogP contribution in [0, 0.1) is 0 Å². The molecule has 0 fully saturated rings. The minimum absolute atomic E-state index is 0.290. The van der Waals surface area contributed by atoms with Gasteiger partial charge in [0, 0.05) is 5.75 Å². The van der Waals surface area contributed by atoms with E-state index in [0.717, 1.165) is 5.56 Å². The second-order valence-electron chi connectivity index (χ2n) is 6.76. The monoisotopic (exact) mass is 437 g/mol. The first-order valence-electron chi connectivity index (χ1n) is 9.53. The number of aromatic nitrogens is 3.